The lowest BCUT2D eigenvalue weighted by Crippen LogP contribution is -2.54. The average Bonchev–Trinajstić information content (AvgIpc) is 2.58. The van der Waals surface area contributed by atoms with Crippen LogP contribution in [0.5, 0.6) is 5.75 Å². The zero-order valence-corrected chi connectivity index (χ0v) is 15.7. The van der Waals surface area contributed by atoms with Gasteiger partial charge in [0.05, 0.1) is 12.8 Å². The van der Waals surface area contributed by atoms with Crippen LogP contribution >= 0.6 is 15.9 Å². The van der Waals surface area contributed by atoms with Gasteiger partial charge in [-0.25, -0.2) is 9.69 Å². The normalized spacial score (nSPS) is 16.0. The molecule has 1 N–H and O–H groups in total. The molecule has 7 heteroatoms. The Bertz CT molecular complexity index is 952. The number of carbonyl (C=O) groups is 3. The number of hydrogen-bond donors (Lipinski definition) is 1. The molecule has 132 valence electrons. The number of ether oxygens (including phenoxy) is 1. The van der Waals surface area contributed by atoms with Gasteiger partial charge in [0.15, 0.2) is 0 Å². The number of imide groups is 2. The van der Waals surface area contributed by atoms with Crippen LogP contribution in [0, 0.1) is 6.92 Å². The number of anilines is 1. The summed E-state index contributed by atoms with van der Waals surface area (Å²) in [6.07, 6.45) is 1.41. The first-order chi connectivity index (χ1) is 12.4. The van der Waals surface area contributed by atoms with Crippen molar-refractivity contribution in [1.29, 1.82) is 0 Å². The summed E-state index contributed by atoms with van der Waals surface area (Å²) in [6.45, 7) is 1.85. The van der Waals surface area contributed by atoms with Gasteiger partial charge in [0.1, 0.15) is 11.3 Å². The number of carbonyl (C=O) groups excluding carboxylic acids is 3. The maximum Gasteiger partial charge on any atom is 0.335 e. The summed E-state index contributed by atoms with van der Waals surface area (Å²) in [6, 6.07) is 11.4. The average molecular weight is 415 g/mol. The maximum absolute atomic E-state index is 12.9. The third kappa shape index (κ3) is 3.39. The number of methoxy groups -OCH3 is 1. The van der Waals surface area contributed by atoms with Gasteiger partial charge in [0, 0.05) is 10.0 Å². The summed E-state index contributed by atoms with van der Waals surface area (Å²) in [5.41, 5.74) is 1.67. The third-order valence-electron chi connectivity index (χ3n) is 3.85. The minimum absolute atomic E-state index is 0.150. The van der Waals surface area contributed by atoms with Crippen LogP contribution in [0.1, 0.15) is 11.1 Å². The topological polar surface area (TPSA) is 75.7 Å². The van der Waals surface area contributed by atoms with Crippen molar-refractivity contribution in [3.63, 3.8) is 0 Å². The molecule has 6 nitrogen and oxygen atoms in total. The first-order valence-corrected chi connectivity index (χ1v) is 8.51. The lowest BCUT2D eigenvalue weighted by Gasteiger charge is -2.26. The molecule has 0 aromatic heterocycles. The van der Waals surface area contributed by atoms with E-state index in [0.29, 0.717) is 17.0 Å². The largest absolute Gasteiger partial charge is 0.496 e. The molecule has 1 heterocycles. The Kier molecular flexibility index (Phi) is 4.90. The van der Waals surface area contributed by atoms with E-state index < -0.39 is 17.8 Å². The number of hydrogen-bond acceptors (Lipinski definition) is 4. The summed E-state index contributed by atoms with van der Waals surface area (Å²) >= 11 is 3.35. The first-order valence-electron chi connectivity index (χ1n) is 7.72. The second kappa shape index (κ2) is 7.13. The number of halogens is 1. The van der Waals surface area contributed by atoms with Gasteiger partial charge in [0.25, 0.3) is 11.8 Å². The van der Waals surface area contributed by atoms with E-state index in [1.807, 2.05) is 13.0 Å². The number of aryl methyl sites for hydroxylation is 1. The SMILES string of the molecule is COc1ccc(Br)cc1C=C1C(=O)NC(=O)N(c2cccc(C)c2)C1=O. The van der Waals surface area contributed by atoms with Crippen molar-refractivity contribution in [3.05, 3.63) is 63.6 Å². The minimum atomic E-state index is -0.774. The molecule has 1 aliphatic heterocycles. The molecule has 1 fully saturated rings. The van der Waals surface area contributed by atoms with Crippen molar-refractivity contribution < 1.29 is 19.1 Å². The highest BCUT2D eigenvalue weighted by Crippen LogP contribution is 2.28. The fourth-order valence-corrected chi connectivity index (χ4v) is 3.01. The van der Waals surface area contributed by atoms with Crippen LogP contribution in [0.4, 0.5) is 10.5 Å². The van der Waals surface area contributed by atoms with Gasteiger partial charge >= 0.3 is 6.03 Å². The van der Waals surface area contributed by atoms with Crippen LogP contribution in [-0.4, -0.2) is 25.0 Å². The number of urea groups is 1. The molecular formula is C19H15BrN2O4. The van der Waals surface area contributed by atoms with Crippen molar-refractivity contribution in [2.45, 2.75) is 6.92 Å². The monoisotopic (exact) mass is 414 g/mol. The van der Waals surface area contributed by atoms with Crippen molar-refractivity contribution >= 4 is 45.5 Å². The van der Waals surface area contributed by atoms with Crippen molar-refractivity contribution in [3.8, 4) is 5.75 Å². The minimum Gasteiger partial charge on any atom is -0.496 e. The highest BCUT2D eigenvalue weighted by molar-refractivity contribution is 9.10. The molecule has 0 spiro atoms. The van der Waals surface area contributed by atoms with Crippen LogP contribution in [0.15, 0.2) is 52.5 Å². The standard InChI is InChI=1S/C19H15BrN2O4/c1-11-4-3-5-14(8-11)22-18(24)15(17(23)21-19(22)25)10-12-9-13(20)6-7-16(12)26-2/h3-10H,1-2H3,(H,21,23,25). The van der Waals surface area contributed by atoms with Crippen molar-refractivity contribution in [1.82, 2.24) is 5.32 Å². The Morgan fingerprint density at radius 2 is 1.88 bits per heavy atom. The second-order valence-corrected chi connectivity index (χ2v) is 6.60. The van der Waals surface area contributed by atoms with E-state index in [1.165, 1.54) is 13.2 Å². The quantitative estimate of drug-likeness (QED) is 0.616. The Hall–Kier alpha value is -2.93. The number of barbiturate groups is 1. The molecular weight excluding hydrogens is 400 g/mol. The van der Waals surface area contributed by atoms with Crippen LogP contribution in [0.25, 0.3) is 6.08 Å². The summed E-state index contributed by atoms with van der Waals surface area (Å²) in [4.78, 5) is 38.3. The van der Waals surface area contributed by atoms with Crippen LogP contribution in [0.3, 0.4) is 0 Å². The number of nitrogens with one attached hydrogen (secondary N) is 1. The van der Waals surface area contributed by atoms with Gasteiger partial charge in [-0.3, -0.25) is 14.9 Å². The molecule has 1 aliphatic rings. The molecule has 0 aliphatic carbocycles. The number of rotatable bonds is 3. The molecule has 1 saturated heterocycles. The number of nitrogens with zero attached hydrogens (tertiary/aromatic N) is 1. The Morgan fingerprint density at radius 3 is 2.58 bits per heavy atom. The van der Waals surface area contributed by atoms with Gasteiger partial charge < -0.3 is 4.74 Å². The lowest BCUT2D eigenvalue weighted by atomic mass is 10.1. The molecule has 3 rings (SSSR count). The van der Waals surface area contributed by atoms with Gasteiger partial charge in [-0.15, -0.1) is 0 Å². The van der Waals surface area contributed by atoms with Crippen molar-refractivity contribution in [2.75, 3.05) is 12.0 Å². The molecule has 0 bridgehead atoms. The highest BCUT2D eigenvalue weighted by atomic mass is 79.9. The van der Waals surface area contributed by atoms with E-state index in [2.05, 4.69) is 21.2 Å². The van der Waals surface area contributed by atoms with E-state index in [4.69, 9.17) is 4.74 Å². The summed E-state index contributed by atoms with van der Waals surface area (Å²) in [5, 5.41) is 2.21. The Balaban J connectivity index is 2.07. The Morgan fingerprint density at radius 1 is 1.12 bits per heavy atom. The second-order valence-electron chi connectivity index (χ2n) is 5.68. The fraction of sp³-hybridized carbons (Fsp3) is 0.105. The van der Waals surface area contributed by atoms with Gasteiger partial charge in [-0.05, 0) is 48.9 Å². The van der Waals surface area contributed by atoms with E-state index in [9.17, 15) is 14.4 Å². The molecule has 0 unspecified atom stereocenters. The molecule has 0 saturated carbocycles. The molecule has 2 aromatic carbocycles. The predicted molar refractivity (Wildman–Crippen MR) is 101 cm³/mol. The fourth-order valence-electron chi connectivity index (χ4n) is 2.63. The Labute approximate surface area is 158 Å². The van der Waals surface area contributed by atoms with Gasteiger partial charge in [-0.2, -0.15) is 0 Å². The summed E-state index contributed by atoms with van der Waals surface area (Å²) in [7, 11) is 1.50. The first kappa shape index (κ1) is 17.9. The van der Waals surface area contributed by atoms with E-state index in [-0.39, 0.29) is 5.57 Å². The van der Waals surface area contributed by atoms with E-state index >= 15 is 0 Å². The molecule has 2 aromatic rings. The maximum atomic E-state index is 12.9. The summed E-state index contributed by atoms with van der Waals surface area (Å²) in [5.74, 6) is -0.933. The van der Waals surface area contributed by atoms with Crippen LogP contribution < -0.4 is 15.0 Å². The molecule has 0 radical (unpaired) electrons. The number of amides is 4. The van der Waals surface area contributed by atoms with Gasteiger partial charge in [0.2, 0.25) is 0 Å². The van der Waals surface area contributed by atoms with Gasteiger partial charge in [-0.1, -0.05) is 28.1 Å². The van der Waals surface area contributed by atoms with E-state index in [1.54, 1.807) is 36.4 Å². The zero-order valence-electron chi connectivity index (χ0n) is 14.1. The third-order valence-corrected chi connectivity index (χ3v) is 4.35. The number of benzene rings is 2. The van der Waals surface area contributed by atoms with Crippen LogP contribution in [0.2, 0.25) is 0 Å². The summed E-state index contributed by atoms with van der Waals surface area (Å²) < 4.78 is 6.04. The van der Waals surface area contributed by atoms with E-state index in [0.717, 1.165) is 14.9 Å². The van der Waals surface area contributed by atoms with Crippen molar-refractivity contribution in [2.24, 2.45) is 0 Å². The zero-order chi connectivity index (χ0) is 18.8. The highest BCUT2D eigenvalue weighted by Gasteiger charge is 2.37. The smallest absolute Gasteiger partial charge is 0.335 e. The molecule has 4 amide bonds. The predicted octanol–water partition coefficient (Wildman–Crippen LogP) is 3.43. The lowest BCUT2D eigenvalue weighted by molar-refractivity contribution is -0.122. The molecule has 0 atom stereocenters. The molecule has 26 heavy (non-hydrogen) atoms. The van der Waals surface area contributed by atoms with Crippen LogP contribution in [-0.2, 0) is 9.59 Å².